The number of rotatable bonds is 2. The summed E-state index contributed by atoms with van der Waals surface area (Å²) in [5, 5.41) is 4.72. The lowest BCUT2D eigenvalue weighted by atomic mass is 9.99. The van der Waals surface area contributed by atoms with Gasteiger partial charge in [0.25, 0.3) is 0 Å². The van der Waals surface area contributed by atoms with Gasteiger partial charge in [-0.1, -0.05) is 11.6 Å². The summed E-state index contributed by atoms with van der Waals surface area (Å²) >= 11 is 6.33. The summed E-state index contributed by atoms with van der Waals surface area (Å²) in [6.07, 6.45) is 4.05. The van der Waals surface area contributed by atoms with Gasteiger partial charge in [-0.05, 0) is 58.9 Å². The normalized spacial score (nSPS) is 20.9. The van der Waals surface area contributed by atoms with E-state index in [4.69, 9.17) is 16.3 Å². The van der Waals surface area contributed by atoms with E-state index in [1.54, 1.807) is 11.0 Å². The summed E-state index contributed by atoms with van der Waals surface area (Å²) in [5.74, 6) is -0.141. The summed E-state index contributed by atoms with van der Waals surface area (Å²) in [4.78, 5) is 18.7. The largest absolute Gasteiger partial charge is 0.444 e. The topological polar surface area (TPSA) is 59.7 Å². The van der Waals surface area contributed by atoms with Crippen LogP contribution in [-0.4, -0.2) is 37.7 Å². The van der Waals surface area contributed by atoms with E-state index in [9.17, 15) is 4.79 Å². The van der Waals surface area contributed by atoms with Crippen molar-refractivity contribution in [2.24, 2.45) is 0 Å². The molecule has 1 amide bonds. The third kappa shape index (κ3) is 3.61. The molecule has 0 N–H and O–H groups in total. The van der Waals surface area contributed by atoms with Gasteiger partial charge in [-0.2, -0.15) is 5.10 Å². The molecule has 2 aliphatic rings. The molecule has 146 valence electrons. The number of fused-ring (bicyclic) bond motifs is 1. The number of hydrogen-bond donors (Lipinski definition) is 0. The lowest BCUT2D eigenvalue weighted by Gasteiger charge is -2.35. The minimum atomic E-state index is -0.611. The van der Waals surface area contributed by atoms with Gasteiger partial charge in [-0.15, -0.1) is 0 Å². The minimum absolute atomic E-state index is 0.133. The van der Waals surface area contributed by atoms with Gasteiger partial charge < -0.3 is 4.74 Å². The maximum atomic E-state index is 15.2. The van der Waals surface area contributed by atoms with Gasteiger partial charge in [0.1, 0.15) is 16.4 Å². The molecule has 2 fully saturated rings. The van der Waals surface area contributed by atoms with Gasteiger partial charge in [-0.3, -0.25) is 4.90 Å². The SMILES string of the molecule is CC(C)(C)OC(=O)N1CCCC[C@H]1c1nn2c(Cl)cc(C3CC3)nc2c1F. The maximum absolute atomic E-state index is 15.2. The van der Waals surface area contributed by atoms with E-state index in [0.717, 1.165) is 31.4 Å². The van der Waals surface area contributed by atoms with E-state index in [1.165, 1.54) is 4.52 Å². The van der Waals surface area contributed by atoms with Crippen LogP contribution in [0.2, 0.25) is 5.15 Å². The van der Waals surface area contributed by atoms with Crippen LogP contribution in [0, 0.1) is 5.82 Å². The third-order valence-electron chi connectivity index (χ3n) is 4.98. The number of aromatic nitrogens is 3. The smallest absolute Gasteiger partial charge is 0.410 e. The predicted molar refractivity (Wildman–Crippen MR) is 99.5 cm³/mol. The summed E-state index contributed by atoms with van der Waals surface area (Å²) in [5.41, 5.74) is 0.545. The van der Waals surface area contributed by atoms with Crippen molar-refractivity contribution in [1.29, 1.82) is 0 Å². The molecule has 27 heavy (non-hydrogen) atoms. The summed E-state index contributed by atoms with van der Waals surface area (Å²) in [7, 11) is 0. The zero-order chi connectivity index (χ0) is 19.3. The quantitative estimate of drug-likeness (QED) is 0.682. The Bertz CT molecular complexity index is 888. The molecule has 1 saturated heterocycles. The van der Waals surface area contributed by atoms with Crippen molar-refractivity contribution in [3.8, 4) is 0 Å². The van der Waals surface area contributed by atoms with E-state index in [1.807, 2.05) is 20.8 Å². The van der Waals surface area contributed by atoms with Crippen molar-refractivity contribution in [2.75, 3.05) is 6.54 Å². The van der Waals surface area contributed by atoms with Crippen molar-refractivity contribution >= 4 is 23.3 Å². The Balaban J connectivity index is 1.71. The first kappa shape index (κ1) is 18.5. The van der Waals surface area contributed by atoms with Crippen LogP contribution in [0.4, 0.5) is 9.18 Å². The standard InChI is InChI=1S/C19H24ClFN4O2/c1-19(2,3)27-18(26)24-9-5-4-6-13(24)16-15(21)17-22-12(11-7-8-11)10-14(20)25(17)23-16/h10-11,13H,4-9H2,1-3H3/t13-/m0/s1. The molecule has 1 atom stereocenters. The first-order chi connectivity index (χ1) is 12.7. The van der Waals surface area contributed by atoms with Crippen LogP contribution in [0.3, 0.4) is 0 Å². The molecule has 2 aromatic rings. The molecule has 0 bridgehead atoms. The van der Waals surface area contributed by atoms with E-state index < -0.39 is 23.6 Å². The van der Waals surface area contributed by atoms with E-state index in [0.29, 0.717) is 24.0 Å². The van der Waals surface area contributed by atoms with Crippen molar-refractivity contribution in [2.45, 2.75) is 70.4 Å². The lowest BCUT2D eigenvalue weighted by molar-refractivity contribution is 0.00861. The van der Waals surface area contributed by atoms with Crippen LogP contribution >= 0.6 is 11.6 Å². The first-order valence-corrected chi connectivity index (χ1v) is 9.86. The Morgan fingerprint density at radius 1 is 1.30 bits per heavy atom. The highest BCUT2D eigenvalue weighted by molar-refractivity contribution is 6.29. The molecule has 2 aromatic heterocycles. The number of likely N-dealkylation sites (tertiary alicyclic amines) is 1. The molecule has 0 unspecified atom stereocenters. The Morgan fingerprint density at radius 2 is 2.04 bits per heavy atom. The Morgan fingerprint density at radius 3 is 2.70 bits per heavy atom. The second-order valence-corrected chi connectivity index (χ2v) is 8.79. The van der Waals surface area contributed by atoms with Crippen LogP contribution in [0.5, 0.6) is 0 Å². The number of nitrogens with zero attached hydrogens (tertiary/aromatic N) is 4. The van der Waals surface area contributed by atoms with Gasteiger partial charge in [0, 0.05) is 18.2 Å². The van der Waals surface area contributed by atoms with E-state index >= 15 is 4.39 Å². The van der Waals surface area contributed by atoms with Gasteiger partial charge >= 0.3 is 6.09 Å². The van der Waals surface area contributed by atoms with E-state index in [-0.39, 0.29) is 11.3 Å². The molecule has 1 saturated carbocycles. The second kappa shape index (κ2) is 6.62. The number of carbonyl (C=O) groups is 1. The number of carbonyl (C=O) groups excluding carboxylic acids is 1. The van der Waals surface area contributed by atoms with Crippen LogP contribution in [0.25, 0.3) is 5.65 Å². The zero-order valence-corrected chi connectivity index (χ0v) is 16.6. The molecule has 1 aliphatic carbocycles. The van der Waals surface area contributed by atoms with Crippen LogP contribution in [-0.2, 0) is 4.74 Å². The number of ether oxygens (including phenoxy) is 1. The van der Waals surface area contributed by atoms with E-state index in [2.05, 4.69) is 10.1 Å². The fourth-order valence-corrected chi connectivity index (χ4v) is 3.78. The van der Waals surface area contributed by atoms with Crippen LogP contribution < -0.4 is 0 Å². The lowest BCUT2D eigenvalue weighted by Crippen LogP contribution is -2.42. The molecule has 0 spiro atoms. The minimum Gasteiger partial charge on any atom is -0.444 e. The number of halogens is 2. The monoisotopic (exact) mass is 394 g/mol. The van der Waals surface area contributed by atoms with Gasteiger partial charge in [-0.25, -0.2) is 18.7 Å². The average Bonchev–Trinajstić information content (AvgIpc) is 3.38. The van der Waals surface area contributed by atoms with Crippen molar-refractivity contribution in [1.82, 2.24) is 19.5 Å². The molecule has 4 rings (SSSR count). The Hall–Kier alpha value is -1.89. The molecule has 0 aromatic carbocycles. The first-order valence-electron chi connectivity index (χ1n) is 9.49. The molecular weight excluding hydrogens is 371 g/mol. The van der Waals surface area contributed by atoms with Crippen LogP contribution in [0.1, 0.15) is 76.2 Å². The average molecular weight is 395 g/mol. The van der Waals surface area contributed by atoms with Crippen molar-refractivity contribution < 1.29 is 13.9 Å². The highest BCUT2D eigenvalue weighted by Crippen LogP contribution is 2.41. The molecule has 6 nitrogen and oxygen atoms in total. The number of piperidine rings is 1. The summed E-state index contributed by atoms with van der Waals surface area (Å²) < 4.78 is 22.1. The van der Waals surface area contributed by atoms with Crippen molar-refractivity contribution in [3.63, 3.8) is 0 Å². The molecule has 8 heteroatoms. The maximum Gasteiger partial charge on any atom is 0.410 e. The highest BCUT2D eigenvalue weighted by atomic mass is 35.5. The van der Waals surface area contributed by atoms with Gasteiger partial charge in [0.2, 0.25) is 0 Å². The summed E-state index contributed by atoms with van der Waals surface area (Å²) in [6, 6.07) is 1.28. The number of amides is 1. The molecule has 3 heterocycles. The van der Waals surface area contributed by atoms with Crippen molar-refractivity contribution in [3.05, 3.63) is 28.4 Å². The number of hydrogen-bond acceptors (Lipinski definition) is 4. The molecule has 0 radical (unpaired) electrons. The van der Waals surface area contributed by atoms with Gasteiger partial charge in [0.15, 0.2) is 11.5 Å². The fourth-order valence-electron chi connectivity index (χ4n) is 3.55. The predicted octanol–water partition coefficient (Wildman–Crippen LogP) is 4.86. The second-order valence-electron chi connectivity index (χ2n) is 8.40. The molecule has 1 aliphatic heterocycles. The van der Waals surface area contributed by atoms with Gasteiger partial charge in [0.05, 0.1) is 6.04 Å². The molecular formula is C19H24ClFN4O2. The fraction of sp³-hybridized carbons (Fsp3) is 0.632. The highest BCUT2D eigenvalue weighted by Gasteiger charge is 2.36. The van der Waals surface area contributed by atoms with Crippen LogP contribution in [0.15, 0.2) is 6.07 Å². The third-order valence-corrected chi connectivity index (χ3v) is 5.25. The Labute approximate surface area is 162 Å². The summed E-state index contributed by atoms with van der Waals surface area (Å²) in [6.45, 7) is 5.97. The Kier molecular flexibility index (Phi) is 4.53. The zero-order valence-electron chi connectivity index (χ0n) is 15.8.